The number of rotatable bonds is 5. The maximum atomic E-state index is 12.1. The van der Waals surface area contributed by atoms with Crippen molar-refractivity contribution in [3.05, 3.63) is 5.28 Å². The summed E-state index contributed by atoms with van der Waals surface area (Å²) >= 11 is 5.60. The van der Waals surface area contributed by atoms with Gasteiger partial charge in [0.1, 0.15) is 0 Å². The molecule has 1 rings (SSSR count). The molecule has 102 valence electrons. The highest BCUT2D eigenvalue weighted by Crippen LogP contribution is 2.23. The molecule has 1 aromatic heterocycles. The van der Waals surface area contributed by atoms with Crippen molar-refractivity contribution in [3.8, 4) is 6.01 Å². The van der Waals surface area contributed by atoms with Crippen LogP contribution >= 0.6 is 11.6 Å². The summed E-state index contributed by atoms with van der Waals surface area (Å²) in [6, 6.07) is -0.905. The molecular weight excluding hydrogens is 273 g/mol. The Bertz CT molecular complexity index is 402. The fraction of sp³-hybridized carbons (Fsp3) is 0.667. The zero-order chi connectivity index (χ0) is 13.8. The lowest BCUT2D eigenvalue weighted by Gasteiger charge is -2.15. The lowest BCUT2D eigenvalue weighted by Crippen LogP contribution is -2.25. The molecule has 18 heavy (non-hydrogen) atoms. The smallest absolute Gasteiger partial charge is 0.391 e. The van der Waals surface area contributed by atoms with Gasteiger partial charge in [-0.15, -0.1) is 0 Å². The highest BCUT2D eigenvalue weighted by Gasteiger charge is 2.30. The van der Waals surface area contributed by atoms with E-state index in [1.807, 2.05) is 0 Å². The van der Waals surface area contributed by atoms with E-state index in [-0.39, 0.29) is 17.2 Å². The Morgan fingerprint density at radius 3 is 2.56 bits per heavy atom. The molecule has 1 aromatic rings. The number of nitrogens with one attached hydrogen (secondary N) is 1. The van der Waals surface area contributed by atoms with E-state index in [0.717, 1.165) is 0 Å². The van der Waals surface area contributed by atoms with Crippen LogP contribution < -0.4 is 10.1 Å². The van der Waals surface area contributed by atoms with Crippen LogP contribution in [0, 0.1) is 0 Å². The molecule has 0 amide bonds. The molecule has 1 atom stereocenters. The molecule has 0 radical (unpaired) electrons. The number of alkyl halides is 3. The summed E-state index contributed by atoms with van der Waals surface area (Å²) in [7, 11) is 0. The minimum atomic E-state index is -4.26. The Hall–Kier alpha value is -1.31. The minimum absolute atomic E-state index is 0.0285. The third kappa shape index (κ3) is 5.35. The molecule has 0 saturated carbocycles. The maximum absolute atomic E-state index is 12.1. The first-order chi connectivity index (χ1) is 8.30. The summed E-state index contributed by atoms with van der Waals surface area (Å²) in [6.45, 7) is 3.40. The Morgan fingerprint density at radius 2 is 2.00 bits per heavy atom. The first-order valence-electron chi connectivity index (χ1n) is 5.18. The largest absolute Gasteiger partial charge is 0.464 e. The van der Waals surface area contributed by atoms with Crippen molar-refractivity contribution in [1.29, 1.82) is 0 Å². The number of hydrogen-bond acceptors (Lipinski definition) is 5. The zero-order valence-corrected chi connectivity index (χ0v) is 10.5. The molecule has 1 heterocycles. The van der Waals surface area contributed by atoms with Crippen LogP contribution in [0.2, 0.25) is 5.28 Å². The van der Waals surface area contributed by atoms with Crippen LogP contribution in [-0.4, -0.2) is 33.8 Å². The fourth-order valence-corrected chi connectivity index (χ4v) is 1.36. The van der Waals surface area contributed by atoms with Crippen molar-refractivity contribution in [2.75, 3.05) is 11.9 Å². The molecule has 0 spiro atoms. The van der Waals surface area contributed by atoms with Crippen LogP contribution in [0.3, 0.4) is 0 Å². The van der Waals surface area contributed by atoms with Crippen molar-refractivity contribution < 1.29 is 17.9 Å². The van der Waals surface area contributed by atoms with E-state index in [4.69, 9.17) is 16.3 Å². The lowest BCUT2D eigenvalue weighted by molar-refractivity contribution is -0.136. The van der Waals surface area contributed by atoms with Crippen molar-refractivity contribution in [1.82, 2.24) is 15.0 Å². The number of hydrogen-bond donors (Lipinski definition) is 1. The van der Waals surface area contributed by atoms with Crippen molar-refractivity contribution >= 4 is 17.5 Å². The van der Waals surface area contributed by atoms with Gasteiger partial charge in [0, 0.05) is 6.04 Å². The van der Waals surface area contributed by atoms with Gasteiger partial charge in [0.15, 0.2) is 0 Å². The highest BCUT2D eigenvalue weighted by molar-refractivity contribution is 6.28. The summed E-state index contributed by atoms with van der Waals surface area (Å²) in [6.07, 6.45) is -5.26. The van der Waals surface area contributed by atoms with E-state index in [2.05, 4.69) is 20.3 Å². The Balaban J connectivity index is 2.71. The zero-order valence-electron chi connectivity index (χ0n) is 9.75. The van der Waals surface area contributed by atoms with Gasteiger partial charge in [-0.25, -0.2) is 0 Å². The number of aromatic nitrogens is 3. The molecule has 0 aromatic carbocycles. The summed E-state index contributed by atoms with van der Waals surface area (Å²) in [5, 5.41) is 2.35. The summed E-state index contributed by atoms with van der Waals surface area (Å²) < 4.78 is 41.4. The van der Waals surface area contributed by atoms with Crippen LogP contribution in [0.15, 0.2) is 0 Å². The van der Waals surface area contributed by atoms with Gasteiger partial charge in [-0.05, 0) is 25.4 Å². The van der Waals surface area contributed by atoms with E-state index in [1.54, 1.807) is 6.92 Å². The van der Waals surface area contributed by atoms with Crippen molar-refractivity contribution in [2.45, 2.75) is 32.5 Å². The normalized spacial score (nSPS) is 13.2. The molecule has 1 N–H and O–H groups in total. The monoisotopic (exact) mass is 284 g/mol. The van der Waals surface area contributed by atoms with Crippen LogP contribution in [-0.2, 0) is 0 Å². The Kier molecular flexibility index (Phi) is 4.94. The van der Waals surface area contributed by atoms with Gasteiger partial charge in [-0.1, -0.05) is 0 Å². The topological polar surface area (TPSA) is 59.9 Å². The lowest BCUT2D eigenvalue weighted by atomic mass is 10.2. The standard InChI is InChI=1S/C9H12ClF3N4O/c1-3-18-8-16-6(10)15-7(17-8)14-5(2)4-9(11,12)13/h5H,3-4H2,1-2H3,(H,14,15,16,17). The van der Waals surface area contributed by atoms with Gasteiger partial charge in [0.25, 0.3) is 0 Å². The number of nitrogens with zero attached hydrogens (tertiary/aromatic N) is 3. The molecule has 1 unspecified atom stereocenters. The molecule has 0 fully saturated rings. The van der Waals surface area contributed by atoms with E-state index < -0.39 is 18.6 Å². The maximum Gasteiger partial charge on any atom is 0.391 e. The first kappa shape index (κ1) is 14.7. The summed E-state index contributed by atoms with van der Waals surface area (Å²) in [5.74, 6) is -0.0461. The molecule has 9 heteroatoms. The molecule has 0 saturated heterocycles. The van der Waals surface area contributed by atoms with Gasteiger partial charge in [-0.3, -0.25) is 0 Å². The predicted octanol–water partition coefficient (Wildman–Crippen LogP) is 2.68. The van der Waals surface area contributed by atoms with Gasteiger partial charge in [0.2, 0.25) is 11.2 Å². The average Bonchev–Trinajstić information content (AvgIpc) is 2.12. The second kappa shape index (κ2) is 6.03. The molecular formula is C9H12ClF3N4O. The third-order valence-electron chi connectivity index (χ3n) is 1.77. The average molecular weight is 285 g/mol. The molecule has 0 bridgehead atoms. The van der Waals surface area contributed by atoms with E-state index in [9.17, 15) is 13.2 Å². The second-order valence-electron chi connectivity index (χ2n) is 3.51. The van der Waals surface area contributed by atoms with Crippen molar-refractivity contribution in [2.24, 2.45) is 0 Å². The predicted molar refractivity (Wildman–Crippen MR) is 59.8 cm³/mol. The molecule has 0 aliphatic rings. The Labute approximate surface area is 107 Å². The highest BCUT2D eigenvalue weighted by atomic mass is 35.5. The van der Waals surface area contributed by atoms with Crippen molar-refractivity contribution in [3.63, 3.8) is 0 Å². The summed E-state index contributed by atoms with van der Waals surface area (Å²) in [5.41, 5.74) is 0. The van der Waals surface area contributed by atoms with Crippen LogP contribution in [0.1, 0.15) is 20.3 Å². The fourth-order valence-electron chi connectivity index (χ4n) is 1.21. The molecule has 0 aliphatic carbocycles. The van der Waals surface area contributed by atoms with Gasteiger partial charge < -0.3 is 10.1 Å². The molecule has 5 nitrogen and oxygen atoms in total. The van der Waals surface area contributed by atoms with Crippen LogP contribution in [0.25, 0.3) is 0 Å². The summed E-state index contributed by atoms with van der Waals surface area (Å²) in [4.78, 5) is 11.1. The Morgan fingerprint density at radius 1 is 1.33 bits per heavy atom. The van der Waals surface area contributed by atoms with Gasteiger partial charge in [-0.2, -0.15) is 28.1 Å². The SMILES string of the molecule is CCOc1nc(Cl)nc(NC(C)CC(F)(F)F)n1. The number of anilines is 1. The number of halogens is 4. The van der Waals surface area contributed by atoms with E-state index >= 15 is 0 Å². The first-order valence-corrected chi connectivity index (χ1v) is 5.55. The van der Waals surface area contributed by atoms with Crippen LogP contribution in [0.5, 0.6) is 6.01 Å². The second-order valence-corrected chi connectivity index (χ2v) is 3.85. The molecule has 0 aliphatic heterocycles. The number of ether oxygens (including phenoxy) is 1. The minimum Gasteiger partial charge on any atom is -0.464 e. The van der Waals surface area contributed by atoms with Crippen LogP contribution in [0.4, 0.5) is 19.1 Å². The quantitative estimate of drug-likeness (QED) is 0.901. The van der Waals surface area contributed by atoms with Gasteiger partial charge >= 0.3 is 12.2 Å². The third-order valence-corrected chi connectivity index (χ3v) is 1.94. The van der Waals surface area contributed by atoms with Gasteiger partial charge in [0.05, 0.1) is 13.0 Å². The van der Waals surface area contributed by atoms with E-state index in [0.29, 0.717) is 6.61 Å². The van der Waals surface area contributed by atoms with E-state index in [1.165, 1.54) is 6.92 Å².